The Bertz CT molecular complexity index is 258. The van der Waals surface area contributed by atoms with Crippen LogP contribution < -0.4 is 0 Å². The van der Waals surface area contributed by atoms with Crippen LogP contribution in [0.4, 0.5) is 0 Å². The third-order valence-corrected chi connectivity index (χ3v) is 1.58. The van der Waals surface area contributed by atoms with Crippen LogP contribution in [0.2, 0.25) is 0 Å². The summed E-state index contributed by atoms with van der Waals surface area (Å²) in [5.74, 6) is -1.49. The normalized spacial score (nSPS) is 14.5. The molecule has 0 rings (SSSR count). The van der Waals surface area contributed by atoms with Gasteiger partial charge in [-0.2, -0.15) is 5.26 Å². The first kappa shape index (κ1) is 13.6. The minimum atomic E-state index is -0.927. The smallest absolute Gasteiger partial charge is 0.328 e. The van der Waals surface area contributed by atoms with Crippen LogP contribution in [0.25, 0.3) is 0 Å². The Morgan fingerprint density at radius 3 is 2.80 bits per heavy atom. The van der Waals surface area contributed by atoms with E-state index in [-0.39, 0.29) is 12.6 Å². The number of esters is 1. The molecule has 2 atom stereocenters. The van der Waals surface area contributed by atoms with Crippen molar-refractivity contribution >= 4 is 12.2 Å². The molecule has 0 heterocycles. The first-order valence-electron chi connectivity index (χ1n) is 4.74. The number of aliphatic imine (C=N–C) groups is 1. The highest BCUT2D eigenvalue weighted by Crippen LogP contribution is 1.97. The molecular weight excluding hydrogens is 196 g/mol. The summed E-state index contributed by atoms with van der Waals surface area (Å²) in [4.78, 5) is 15.2. The van der Waals surface area contributed by atoms with E-state index < -0.39 is 11.9 Å². The van der Waals surface area contributed by atoms with Crippen molar-refractivity contribution in [2.24, 2.45) is 10.9 Å². The quantitative estimate of drug-likeness (QED) is 0.482. The Labute approximate surface area is 89.7 Å². The Balaban J connectivity index is 4.21. The molecule has 0 aromatic rings. The number of rotatable bonds is 6. The molecule has 0 unspecified atom stereocenters. The molecule has 0 saturated carbocycles. The van der Waals surface area contributed by atoms with Crippen LogP contribution in [-0.4, -0.2) is 38.5 Å². The minimum Gasteiger partial charge on any atom is -0.465 e. The Kier molecular flexibility index (Phi) is 7.20. The summed E-state index contributed by atoms with van der Waals surface area (Å²) in [6.45, 7) is 4.24. The van der Waals surface area contributed by atoms with Crippen molar-refractivity contribution < 1.29 is 14.3 Å². The van der Waals surface area contributed by atoms with Gasteiger partial charge in [0.25, 0.3) is 0 Å². The summed E-state index contributed by atoms with van der Waals surface area (Å²) in [6.07, 6.45) is 1.31. The van der Waals surface area contributed by atoms with Crippen molar-refractivity contribution in [1.82, 2.24) is 0 Å². The summed E-state index contributed by atoms with van der Waals surface area (Å²) in [6, 6.07) is 1.75. The SMILES string of the molecule is CCOC(=O)[C@H](C#N)C=N[C@@H](C)COC. The van der Waals surface area contributed by atoms with E-state index in [4.69, 9.17) is 14.7 Å². The number of ether oxygens (including phenoxy) is 2. The number of methoxy groups -OCH3 is 1. The fraction of sp³-hybridized carbons (Fsp3) is 0.700. The molecule has 0 bridgehead atoms. The topological polar surface area (TPSA) is 71.7 Å². The van der Waals surface area contributed by atoms with Gasteiger partial charge in [0.1, 0.15) is 0 Å². The van der Waals surface area contributed by atoms with Crippen LogP contribution in [-0.2, 0) is 14.3 Å². The van der Waals surface area contributed by atoms with Crippen molar-refractivity contribution in [1.29, 1.82) is 5.26 Å². The van der Waals surface area contributed by atoms with Crippen molar-refractivity contribution in [2.75, 3.05) is 20.3 Å². The summed E-state index contributed by atoms with van der Waals surface area (Å²) in [5, 5.41) is 8.69. The molecule has 84 valence electrons. The lowest BCUT2D eigenvalue weighted by molar-refractivity contribution is -0.143. The first-order chi connectivity index (χ1) is 7.15. The van der Waals surface area contributed by atoms with E-state index in [0.717, 1.165) is 0 Å². The highest BCUT2D eigenvalue weighted by Gasteiger charge is 2.16. The molecule has 0 saturated heterocycles. The molecule has 5 heteroatoms. The van der Waals surface area contributed by atoms with Gasteiger partial charge in [0.2, 0.25) is 0 Å². The van der Waals surface area contributed by atoms with Crippen LogP contribution in [0.1, 0.15) is 13.8 Å². The van der Waals surface area contributed by atoms with Gasteiger partial charge in [0.05, 0.1) is 25.3 Å². The average Bonchev–Trinajstić information content (AvgIpc) is 2.19. The second-order valence-electron chi connectivity index (χ2n) is 2.96. The summed E-state index contributed by atoms with van der Waals surface area (Å²) >= 11 is 0. The molecule has 0 aliphatic heterocycles. The maximum atomic E-state index is 11.2. The third kappa shape index (κ3) is 5.81. The molecule has 0 aliphatic rings. The van der Waals surface area contributed by atoms with Gasteiger partial charge in [-0.15, -0.1) is 0 Å². The Hall–Kier alpha value is -1.41. The lowest BCUT2D eigenvalue weighted by atomic mass is 10.2. The van der Waals surface area contributed by atoms with E-state index in [2.05, 4.69) is 4.99 Å². The summed E-state index contributed by atoms with van der Waals surface area (Å²) in [7, 11) is 1.57. The van der Waals surface area contributed by atoms with Gasteiger partial charge in [-0.3, -0.25) is 9.79 Å². The van der Waals surface area contributed by atoms with Crippen LogP contribution in [0.3, 0.4) is 0 Å². The molecule has 0 aromatic carbocycles. The van der Waals surface area contributed by atoms with Gasteiger partial charge in [0.15, 0.2) is 5.92 Å². The molecule has 0 amide bonds. The van der Waals surface area contributed by atoms with Crippen molar-refractivity contribution in [3.05, 3.63) is 0 Å². The predicted octanol–water partition coefficient (Wildman–Crippen LogP) is 0.795. The predicted molar refractivity (Wildman–Crippen MR) is 55.6 cm³/mol. The van der Waals surface area contributed by atoms with Gasteiger partial charge >= 0.3 is 5.97 Å². The second-order valence-corrected chi connectivity index (χ2v) is 2.96. The number of carbonyl (C=O) groups is 1. The fourth-order valence-corrected chi connectivity index (χ4v) is 0.896. The molecular formula is C10H16N2O3. The molecule has 0 spiro atoms. The van der Waals surface area contributed by atoms with Crippen LogP contribution >= 0.6 is 0 Å². The van der Waals surface area contributed by atoms with E-state index >= 15 is 0 Å². The van der Waals surface area contributed by atoms with E-state index in [0.29, 0.717) is 6.61 Å². The summed E-state index contributed by atoms with van der Waals surface area (Å²) < 4.78 is 9.57. The lowest BCUT2D eigenvalue weighted by Crippen LogP contribution is -2.19. The molecule has 0 aliphatic carbocycles. The largest absolute Gasteiger partial charge is 0.465 e. The lowest BCUT2D eigenvalue weighted by Gasteiger charge is -2.05. The molecule has 0 fully saturated rings. The third-order valence-electron chi connectivity index (χ3n) is 1.58. The maximum Gasteiger partial charge on any atom is 0.328 e. The van der Waals surface area contributed by atoms with Crippen molar-refractivity contribution in [3.8, 4) is 6.07 Å². The van der Waals surface area contributed by atoms with Crippen molar-refractivity contribution in [3.63, 3.8) is 0 Å². The maximum absolute atomic E-state index is 11.2. The number of nitriles is 1. The van der Waals surface area contributed by atoms with Crippen LogP contribution in [0.15, 0.2) is 4.99 Å². The Morgan fingerprint density at radius 2 is 2.33 bits per heavy atom. The minimum absolute atomic E-state index is 0.0692. The van der Waals surface area contributed by atoms with E-state index in [1.807, 2.05) is 13.0 Å². The molecule has 0 radical (unpaired) electrons. The zero-order valence-electron chi connectivity index (χ0n) is 9.27. The highest BCUT2D eigenvalue weighted by atomic mass is 16.5. The second kappa shape index (κ2) is 7.94. The van der Waals surface area contributed by atoms with E-state index in [1.165, 1.54) is 6.21 Å². The van der Waals surface area contributed by atoms with E-state index in [9.17, 15) is 4.79 Å². The fourth-order valence-electron chi connectivity index (χ4n) is 0.896. The van der Waals surface area contributed by atoms with Gasteiger partial charge in [0, 0.05) is 13.3 Å². The van der Waals surface area contributed by atoms with Gasteiger partial charge in [-0.05, 0) is 13.8 Å². The standard InChI is InChI=1S/C10H16N2O3/c1-4-15-10(13)9(5-11)6-12-8(2)7-14-3/h6,8-9H,4,7H2,1-3H3/t8-,9+/m0/s1. The molecule has 0 aromatic heterocycles. The van der Waals surface area contributed by atoms with E-state index in [1.54, 1.807) is 14.0 Å². The molecule has 15 heavy (non-hydrogen) atoms. The van der Waals surface area contributed by atoms with Gasteiger partial charge in [-0.25, -0.2) is 0 Å². The van der Waals surface area contributed by atoms with Gasteiger partial charge < -0.3 is 9.47 Å². The molecule has 0 N–H and O–H groups in total. The monoisotopic (exact) mass is 212 g/mol. The van der Waals surface area contributed by atoms with Gasteiger partial charge in [-0.1, -0.05) is 0 Å². The zero-order chi connectivity index (χ0) is 11.7. The number of carbonyl (C=O) groups excluding carboxylic acids is 1. The average molecular weight is 212 g/mol. The number of hydrogen-bond donors (Lipinski definition) is 0. The number of hydrogen-bond acceptors (Lipinski definition) is 5. The molecule has 5 nitrogen and oxygen atoms in total. The Morgan fingerprint density at radius 1 is 1.67 bits per heavy atom. The van der Waals surface area contributed by atoms with Crippen LogP contribution in [0.5, 0.6) is 0 Å². The first-order valence-corrected chi connectivity index (χ1v) is 4.74. The summed E-state index contributed by atoms with van der Waals surface area (Å²) in [5.41, 5.74) is 0. The van der Waals surface area contributed by atoms with Crippen LogP contribution in [0, 0.1) is 17.2 Å². The highest BCUT2D eigenvalue weighted by molar-refractivity contribution is 5.92. The zero-order valence-corrected chi connectivity index (χ0v) is 9.27. The van der Waals surface area contributed by atoms with Crippen molar-refractivity contribution in [2.45, 2.75) is 19.9 Å². The number of nitrogens with zero attached hydrogens (tertiary/aromatic N) is 2.